The van der Waals surface area contributed by atoms with Gasteiger partial charge in [0.25, 0.3) is 0 Å². The molecule has 3 heteroatoms. The van der Waals surface area contributed by atoms with Crippen LogP contribution >= 0.6 is 11.4 Å². The maximum absolute atomic E-state index is 4.30. The first-order chi connectivity index (χ1) is 5.29. The zero-order valence-corrected chi connectivity index (χ0v) is 7.47. The number of aromatic nitrogens is 2. The predicted octanol–water partition coefficient (Wildman–Crippen LogP) is 1.56. The van der Waals surface area contributed by atoms with Gasteiger partial charge in [0.1, 0.15) is 0 Å². The first kappa shape index (κ1) is 6.98. The third kappa shape index (κ3) is 0.997. The summed E-state index contributed by atoms with van der Waals surface area (Å²) in [6.45, 7) is 4.31. The lowest BCUT2D eigenvalue weighted by Gasteiger charge is -1.99. The predicted molar refractivity (Wildman–Crippen MR) is 49.2 cm³/mol. The molecule has 2 nitrogen and oxygen atoms in total. The molecule has 0 aliphatic carbocycles. The van der Waals surface area contributed by atoms with Crippen LogP contribution in [0.4, 0.5) is 0 Å². The van der Waals surface area contributed by atoms with Crippen molar-refractivity contribution in [2.24, 2.45) is 0 Å². The Labute approximate surface area is 69.7 Å². The monoisotopic (exact) mass is 166 g/mol. The highest BCUT2D eigenvalue weighted by atomic mass is 32.1. The number of hydrogen-bond acceptors (Lipinski definition) is 2. The van der Waals surface area contributed by atoms with Crippen LogP contribution in [0, 0.1) is 0 Å². The SMILES string of the molecule is CC1=[SH]C(C)c2nccnc21. The van der Waals surface area contributed by atoms with Gasteiger partial charge in [0.05, 0.1) is 11.4 Å². The topological polar surface area (TPSA) is 25.8 Å². The second kappa shape index (κ2) is 2.41. The van der Waals surface area contributed by atoms with Crippen LogP contribution < -0.4 is 0 Å². The molecule has 0 radical (unpaired) electrons. The number of fused-ring (bicyclic) bond motifs is 1. The summed E-state index contributed by atoms with van der Waals surface area (Å²) in [4.78, 5) is 9.93. The Hall–Kier alpha value is -0.700. The van der Waals surface area contributed by atoms with Crippen LogP contribution in [0.3, 0.4) is 0 Å². The number of rotatable bonds is 0. The molecule has 0 saturated heterocycles. The van der Waals surface area contributed by atoms with Gasteiger partial charge in [-0.2, -0.15) is 11.4 Å². The van der Waals surface area contributed by atoms with Gasteiger partial charge >= 0.3 is 0 Å². The van der Waals surface area contributed by atoms with Crippen LogP contribution in [0.1, 0.15) is 30.5 Å². The Morgan fingerprint density at radius 1 is 1.36 bits per heavy atom. The van der Waals surface area contributed by atoms with E-state index in [0.29, 0.717) is 5.25 Å². The molecule has 0 amide bonds. The van der Waals surface area contributed by atoms with Gasteiger partial charge < -0.3 is 0 Å². The highest BCUT2D eigenvalue weighted by Gasteiger charge is 2.18. The van der Waals surface area contributed by atoms with Crippen molar-refractivity contribution in [3.63, 3.8) is 0 Å². The van der Waals surface area contributed by atoms with E-state index in [0.717, 1.165) is 11.4 Å². The molecule has 1 atom stereocenters. The average molecular weight is 166 g/mol. The third-order valence-corrected chi connectivity index (χ3v) is 3.08. The molecule has 1 aromatic heterocycles. The minimum atomic E-state index is 0.540. The Balaban J connectivity index is 2.62. The van der Waals surface area contributed by atoms with E-state index in [2.05, 4.69) is 23.8 Å². The fourth-order valence-electron chi connectivity index (χ4n) is 1.35. The third-order valence-electron chi connectivity index (χ3n) is 1.85. The second-order valence-corrected chi connectivity index (χ2v) is 4.38. The van der Waals surface area contributed by atoms with E-state index in [-0.39, 0.29) is 0 Å². The van der Waals surface area contributed by atoms with Crippen molar-refractivity contribution in [3.8, 4) is 0 Å². The fourth-order valence-corrected chi connectivity index (χ4v) is 2.53. The molecule has 0 spiro atoms. The van der Waals surface area contributed by atoms with Crippen LogP contribution in [0.5, 0.6) is 0 Å². The molecule has 0 bridgehead atoms. The summed E-state index contributed by atoms with van der Waals surface area (Å²) in [7, 11) is 0. The molecule has 1 aromatic rings. The van der Waals surface area contributed by atoms with Crippen molar-refractivity contribution in [2.45, 2.75) is 19.1 Å². The van der Waals surface area contributed by atoms with Crippen molar-refractivity contribution < 1.29 is 0 Å². The van der Waals surface area contributed by atoms with E-state index in [9.17, 15) is 0 Å². The van der Waals surface area contributed by atoms with E-state index in [1.165, 1.54) is 16.2 Å². The molecule has 0 N–H and O–H groups in total. The maximum atomic E-state index is 4.30. The quantitative estimate of drug-likeness (QED) is 0.467. The molecule has 2 heterocycles. The summed E-state index contributed by atoms with van der Waals surface area (Å²) in [6, 6.07) is 0. The largest absolute Gasteiger partial charge is 0.256 e. The Bertz CT molecular complexity index is 320. The van der Waals surface area contributed by atoms with Gasteiger partial charge in [0, 0.05) is 17.6 Å². The molecule has 58 valence electrons. The van der Waals surface area contributed by atoms with Gasteiger partial charge in [-0.1, -0.05) is 0 Å². The summed E-state index contributed by atoms with van der Waals surface area (Å²) in [6.07, 6.45) is 3.53. The standard InChI is InChI=1S/C8H10N2S/c1-5-7-8(6(2)11-5)10-4-3-9-7/h3-5,11H,1-2H3. The van der Waals surface area contributed by atoms with Gasteiger partial charge in [0.2, 0.25) is 0 Å². The van der Waals surface area contributed by atoms with Crippen LogP contribution in [-0.4, -0.2) is 14.8 Å². The molecule has 1 unspecified atom stereocenters. The maximum Gasteiger partial charge on any atom is 0.0938 e. The van der Waals surface area contributed by atoms with Crippen LogP contribution in [-0.2, 0) is 0 Å². The van der Waals surface area contributed by atoms with E-state index in [1.807, 2.05) is 0 Å². The van der Waals surface area contributed by atoms with Crippen molar-refractivity contribution in [3.05, 3.63) is 23.8 Å². The summed E-state index contributed by atoms with van der Waals surface area (Å²) < 4.78 is 0. The summed E-state index contributed by atoms with van der Waals surface area (Å²) in [5.41, 5.74) is 2.27. The van der Waals surface area contributed by atoms with Gasteiger partial charge in [-0.3, -0.25) is 9.97 Å². The lowest BCUT2D eigenvalue weighted by molar-refractivity contribution is 0.982. The molecule has 1 aliphatic rings. The average Bonchev–Trinajstić information content (AvgIpc) is 2.30. The fraction of sp³-hybridized carbons (Fsp3) is 0.375. The molecular formula is C8H10N2S. The molecule has 1 aliphatic heterocycles. The normalized spacial score (nSPS) is 22.0. The molecule has 0 fully saturated rings. The van der Waals surface area contributed by atoms with Crippen LogP contribution in [0.2, 0.25) is 0 Å². The van der Waals surface area contributed by atoms with E-state index in [1.54, 1.807) is 12.4 Å². The Morgan fingerprint density at radius 3 is 2.82 bits per heavy atom. The van der Waals surface area contributed by atoms with E-state index >= 15 is 0 Å². The lowest BCUT2D eigenvalue weighted by atomic mass is 10.2. The summed E-state index contributed by atoms with van der Waals surface area (Å²) in [5, 5.41) is 0.540. The number of nitrogens with zero attached hydrogens (tertiary/aromatic N) is 2. The van der Waals surface area contributed by atoms with E-state index in [4.69, 9.17) is 0 Å². The number of thiol groups is 1. The van der Waals surface area contributed by atoms with Gasteiger partial charge in [0.15, 0.2) is 0 Å². The first-order valence-corrected chi connectivity index (χ1v) is 4.61. The second-order valence-electron chi connectivity index (χ2n) is 2.68. The zero-order valence-electron chi connectivity index (χ0n) is 6.57. The Kier molecular flexibility index (Phi) is 1.53. The zero-order chi connectivity index (χ0) is 7.84. The molecular weight excluding hydrogens is 156 g/mol. The van der Waals surface area contributed by atoms with Crippen molar-refractivity contribution >= 4 is 16.2 Å². The summed E-state index contributed by atoms with van der Waals surface area (Å²) >= 11 is 1.36. The lowest BCUT2D eigenvalue weighted by Crippen LogP contribution is -1.98. The molecule has 0 aromatic carbocycles. The molecule has 11 heavy (non-hydrogen) atoms. The van der Waals surface area contributed by atoms with Gasteiger partial charge in [-0.05, 0) is 18.7 Å². The molecule has 0 saturated carbocycles. The van der Waals surface area contributed by atoms with Crippen molar-refractivity contribution in [1.82, 2.24) is 9.97 Å². The van der Waals surface area contributed by atoms with Crippen molar-refractivity contribution in [2.75, 3.05) is 0 Å². The molecule has 2 rings (SSSR count). The van der Waals surface area contributed by atoms with Crippen molar-refractivity contribution in [1.29, 1.82) is 0 Å². The summed E-state index contributed by atoms with van der Waals surface area (Å²) in [5.74, 6) is 0. The Morgan fingerprint density at radius 2 is 2.09 bits per heavy atom. The minimum absolute atomic E-state index is 0.540. The van der Waals surface area contributed by atoms with Crippen LogP contribution in [0.15, 0.2) is 12.4 Å². The van der Waals surface area contributed by atoms with Gasteiger partial charge in [-0.25, -0.2) is 0 Å². The highest BCUT2D eigenvalue weighted by molar-refractivity contribution is 7.99. The van der Waals surface area contributed by atoms with Gasteiger partial charge in [-0.15, -0.1) is 0 Å². The van der Waals surface area contributed by atoms with E-state index < -0.39 is 0 Å². The number of hydrogen-bond donors (Lipinski definition) is 1. The first-order valence-electron chi connectivity index (χ1n) is 3.64. The van der Waals surface area contributed by atoms with Crippen LogP contribution in [0.25, 0.3) is 0 Å². The highest BCUT2D eigenvalue weighted by Crippen LogP contribution is 2.31. The minimum Gasteiger partial charge on any atom is -0.256 e. The smallest absolute Gasteiger partial charge is 0.0938 e.